The zero-order valence-corrected chi connectivity index (χ0v) is 12.7. The zero-order chi connectivity index (χ0) is 14.8. The summed E-state index contributed by atoms with van der Waals surface area (Å²) in [5.41, 5.74) is 1.18. The van der Waals surface area contributed by atoms with Gasteiger partial charge in [0, 0.05) is 17.6 Å². The van der Waals surface area contributed by atoms with Gasteiger partial charge in [0.05, 0.1) is 0 Å². The third kappa shape index (κ3) is 1.49. The van der Waals surface area contributed by atoms with Gasteiger partial charge in [0.1, 0.15) is 5.41 Å². The van der Waals surface area contributed by atoms with Crippen molar-refractivity contribution in [1.82, 2.24) is 0 Å². The molecule has 3 nitrogen and oxygen atoms in total. The molecule has 1 aromatic rings. The maximum Gasteiger partial charge on any atom is 0.240 e. The van der Waals surface area contributed by atoms with Gasteiger partial charge in [0.25, 0.3) is 0 Å². The summed E-state index contributed by atoms with van der Waals surface area (Å²) in [6.45, 7) is 4.76. The van der Waals surface area contributed by atoms with Gasteiger partial charge in [0.2, 0.25) is 5.91 Å². The summed E-state index contributed by atoms with van der Waals surface area (Å²) in [7, 11) is 0. The van der Waals surface area contributed by atoms with E-state index in [-0.39, 0.29) is 17.1 Å². The molecule has 0 radical (unpaired) electrons. The van der Waals surface area contributed by atoms with Gasteiger partial charge in [-0.1, -0.05) is 32.0 Å². The molecule has 0 saturated heterocycles. The number of hydrogen-bond acceptors (Lipinski definition) is 2. The SMILES string of the molecule is CC1(C)C(=O)[C@]2(C(=O)N3CCc4ccccc43)CC[C@@H]1C2. The number of carbonyl (C=O) groups is 2. The predicted octanol–water partition coefficient (Wildman–Crippen LogP) is 2.97. The summed E-state index contributed by atoms with van der Waals surface area (Å²) in [4.78, 5) is 27.9. The Morgan fingerprint density at radius 2 is 2.05 bits per heavy atom. The summed E-state index contributed by atoms with van der Waals surface area (Å²) >= 11 is 0. The molecule has 110 valence electrons. The average molecular weight is 283 g/mol. The third-order valence-electron chi connectivity index (χ3n) is 6.10. The number of para-hydroxylation sites is 1. The molecule has 2 fully saturated rings. The summed E-state index contributed by atoms with van der Waals surface area (Å²) < 4.78 is 0. The van der Waals surface area contributed by atoms with Crippen LogP contribution >= 0.6 is 0 Å². The molecule has 2 atom stereocenters. The first-order valence-electron chi connectivity index (χ1n) is 7.91. The van der Waals surface area contributed by atoms with Crippen LogP contribution in [-0.4, -0.2) is 18.2 Å². The Bertz CT molecular complexity index is 648. The number of anilines is 1. The van der Waals surface area contributed by atoms with Gasteiger partial charge in [-0.3, -0.25) is 9.59 Å². The Kier molecular flexibility index (Phi) is 2.46. The molecular weight excluding hydrogens is 262 g/mol. The topological polar surface area (TPSA) is 37.4 Å². The Balaban J connectivity index is 1.72. The fraction of sp³-hybridized carbons (Fsp3) is 0.556. The highest BCUT2D eigenvalue weighted by atomic mass is 16.2. The summed E-state index contributed by atoms with van der Waals surface area (Å²) in [5.74, 6) is 0.623. The van der Waals surface area contributed by atoms with Crippen molar-refractivity contribution in [3.63, 3.8) is 0 Å². The third-order valence-corrected chi connectivity index (χ3v) is 6.10. The molecule has 21 heavy (non-hydrogen) atoms. The van der Waals surface area contributed by atoms with Gasteiger partial charge >= 0.3 is 0 Å². The molecule has 1 amide bonds. The van der Waals surface area contributed by atoms with Crippen molar-refractivity contribution in [2.45, 2.75) is 39.5 Å². The van der Waals surface area contributed by atoms with E-state index in [1.165, 1.54) is 5.56 Å². The van der Waals surface area contributed by atoms with Gasteiger partial charge in [-0.2, -0.15) is 0 Å². The summed E-state index contributed by atoms with van der Waals surface area (Å²) in [5, 5.41) is 0. The minimum Gasteiger partial charge on any atom is -0.311 e. The van der Waals surface area contributed by atoms with E-state index in [4.69, 9.17) is 0 Å². The van der Waals surface area contributed by atoms with Crippen LogP contribution in [0.2, 0.25) is 0 Å². The number of hydrogen-bond donors (Lipinski definition) is 0. The van der Waals surface area contributed by atoms with Crippen molar-refractivity contribution < 1.29 is 9.59 Å². The second-order valence-corrected chi connectivity index (χ2v) is 7.41. The summed E-state index contributed by atoms with van der Waals surface area (Å²) in [6, 6.07) is 8.08. The van der Waals surface area contributed by atoms with Crippen molar-refractivity contribution >= 4 is 17.4 Å². The highest BCUT2D eigenvalue weighted by molar-refractivity contribution is 6.16. The Labute approximate surface area is 125 Å². The largest absolute Gasteiger partial charge is 0.311 e. The van der Waals surface area contributed by atoms with Crippen LogP contribution in [0.15, 0.2) is 24.3 Å². The van der Waals surface area contributed by atoms with Crippen molar-refractivity contribution in [2.24, 2.45) is 16.7 Å². The van der Waals surface area contributed by atoms with E-state index in [1.807, 2.05) is 36.9 Å². The van der Waals surface area contributed by atoms with Crippen LogP contribution in [0.25, 0.3) is 0 Å². The molecule has 0 N–H and O–H groups in total. The molecule has 2 saturated carbocycles. The van der Waals surface area contributed by atoms with Crippen LogP contribution < -0.4 is 4.90 Å². The average Bonchev–Trinajstić information content (AvgIpc) is 3.14. The van der Waals surface area contributed by atoms with Crippen LogP contribution in [0.4, 0.5) is 5.69 Å². The van der Waals surface area contributed by atoms with Crippen molar-refractivity contribution in [1.29, 1.82) is 0 Å². The molecule has 0 spiro atoms. The first-order chi connectivity index (χ1) is 9.97. The first kappa shape index (κ1) is 13.1. The maximum atomic E-state index is 13.2. The van der Waals surface area contributed by atoms with E-state index in [0.717, 1.165) is 37.9 Å². The van der Waals surface area contributed by atoms with Crippen molar-refractivity contribution in [3.05, 3.63) is 29.8 Å². The zero-order valence-electron chi connectivity index (χ0n) is 12.7. The van der Waals surface area contributed by atoms with Gasteiger partial charge in [-0.15, -0.1) is 0 Å². The van der Waals surface area contributed by atoms with Crippen LogP contribution in [0.5, 0.6) is 0 Å². The molecule has 4 rings (SSSR count). The van der Waals surface area contributed by atoms with E-state index in [9.17, 15) is 9.59 Å². The van der Waals surface area contributed by atoms with Gasteiger partial charge in [-0.05, 0) is 43.2 Å². The number of amides is 1. The van der Waals surface area contributed by atoms with Gasteiger partial charge in [0.15, 0.2) is 5.78 Å². The maximum absolute atomic E-state index is 13.2. The minimum atomic E-state index is -0.731. The molecule has 2 bridgehead atoms. The van der Waals surface area contributed by atoms with Crippen LogP contribution in [0.3, 0.4) is 0 Å². The number of Topliss-reactive ketones (excluding diaryl/α,β-unsaturated/α-hetero) is 1. The van der Waals surface area contributed by atoms with Crippen LogP contribution in [0, 0.1) is 16.7 Å². The normalized spacial score (nSPS) is 32.6. The van der Waals surface area contributed by atoms with E-state index in [0.29, 0.717) is 5.92 Å². The van der Waals surface area contributed by atoms with Crippen LogP contribution in [-0.2, 0) is 16.0 Å². The Morgan fingerprint density at radius 3 is 2.76 bits per heavy atom. The van der Waals surface area contributed by atoms with E-state index in [1.54, 1.807) is 0 Å². The Hall–Kier alpha value is -1.64. The number of nitrogens with zero attached hydrogens (tertiary/aromatic N) is 1. The molecule has 3 aliphatic rings. The van der Waals surface area contributed by atoms with Crippen LogP contribution in [0.1, 0.15) is 38.7 Å². The van der Waals surface area contributed by atoms with E-state index in [2.05, 4.69) is 6.07 Å². The smallest absolute Gasteiger partial charge is 0.240 e. The molecule has 1 heterocycles. The molecule has 3 heteroatoms. The number of ketones is 1. The minimum absolute atomic E-state index is 0.0607. The van der Waals surface area contributed by atoms with E-state index >= 15 is 0 Å². The quantitative estimate of drug-likeness (QED) is 0.743. The molecule has 2 aliphatic carbocycles. The second-order valence-electron chi connectivity index (χ2n) is 7.41. The van der Waals surface area contributed by atoms with E-state index < -0.39 is 5.41 Å². The lowest BCUT2D eigenvalue weighted by Crippen LogP contribution is -2.48. The van der Waals surface area contributed by atoms with Crippen molar-refractivity contribution in [2.75, 3.05) is 11.4 Å². The fourth-order valence-electron chi connectivity index (χ4n) is 4.77. The predicted molar refractivity (Wildman–Crippen MR) is 81.1 cm³/mol. The first-order valence-corrected chi connectivity index (χ1v) is 7.91. The molecule has 1 aliphatic heterocycles. The lowest BCUT2D eigenvalue weighted by Gasteiger charge is -2.34. The highest BCUT2D eigenvalue weighted by Gasteiger charge is 2.66. The lowest BCUT2D eigenvalue weighted by atomic mass is 9.70. The summed E-state index contributed by atoms with van der Waals surface area (Å²) in [6.07, 6.45) is 3.42. The molecule has 1 aromatic carbocycles. The molecule has 0 aromatic heterocycles. The highest BCUT2D eigenvalue weighted by Crippen LogP contribution is 2.61. The number of carbonyl (C=O) groups excluding carboxylic acids is 2. The van der Waals surface area contributed by atoms with Gasteiger partial charge < -0.3 is 4.90 Å². The number of rotatable bonds is 1. The number of fused-ring (bicyclic) bond motifs is 3. The van der Waals surface area contributed by atoms with Crippen molar-refractivity contribution in [3.8, 4) is 0 Å². The Morgan fingerprint density at radius 1 is 1.29 bits per heavy atom. The van der Waals surface area contributed by atoms with Gasteiger partial charge in [-0.25, -0.2) is 0 Å². The molecule has 0 unspecified atom stereocenters. The standard InChI is InChI=1S/C18H21NO2/c1-17(2)13-7-9-18(11-13,15(17)20)16(21)19-10-8-12-5-3-4-6-14(12)19/h3-6,13H,7-11H2,1-2H3/t13-,18+/m1/s1. The number of benzene rings is 1. The molecular formula is C18H21NO2. The lowest BCUT2D eigenvalue weighted by molar-refractivity contribution is -0.143. The second kappa shape index (κ2) is 3.96. The monoisotopic (exact) mass is 283 g/mol. The fourth-order valence-corrected chi connectivity index (χ4v) is 4.77.